The first-order valence-electron chi connectivity index (χ1n) is 27.0. The second kappa shape index (κ2) is 29.7. The quantitative estimate of drug-likeness (QED) is 0.0384. The first-order valence-corrected chi connectivity index (χ1v) is 27.0. The second-order valence-electron chi connectivity index (χ2n) is 21.0. The summed E-state index contributed by atoms with van der Waals surface area (Å²) in [6, 6.07) is -7.59. The fourth-order valence-electron chi connectivity index (χ4n) is 9.90. The number of H-pyrrole nitrogens is 1. The molecule has 1 aromatic heterocycles. The van der Waals surface area contributed by atoms with E-state index in [1.54, 1.807) is 0 Å². The lowest BCUT2D eigenvalue weighted by Crippen LogP contribution is -2.60. The minimum absolute atomic E-state index is 0.0503. The number of phenolic OH excluding ortho intramolecular Hbond substituents is 1. The number of hydrogen-bond donors (Lipinski definition) is 13. The summed E-state index contributed by atoms with van der Waals surface area (Å²) in [6.07, 6.45) is 2.64. The van der Waals surface area contributed by atoms with Gasteiger partial charge in [0.1, 0.15) is 60.1 Å². The fourth-order valence-corrected chi connectivity index (χ4v) is 9.90. The molecular weight excluding hydrogens is 1080 g/mol. The van der Waals surface area contributed by atoms with E-state index in [-0.39, 0.29) is 63.4 Å². The van der Waals surface area contributed by atoms with Crippen molar-refractivity contribution in [2.45, 2.75) is 159 Å². The third kappa shape index (κ3) is 18.2. The van der Waals surface area contributed by atoms with Crippen LogP contribution in [0.2, 0.25) is 0 Å². The normalized spacial score (nSPS) is 19.3. The van der Waals surface area contributed by atoms with Crippen molar-refractivity contribution in [2.75, 3.05) is 26.2 Å². The van der Waals surface area contributed by atoms with Gasteiger partial charge in [0.15, 0.2) is 0 Å². The lowest BCUT2D eigenvalue weighted by atomic mass is 10.0. The molecule has 10 atom stereocenters. The van der Waals surface area contributed by atoms with Crippen LogP contribution in [0.5, 0.6) is 5.75 Å². The number of aromatic amines is 1. The van der Waals surface area contributed by atoms with Crippen LogP contribution in [-0.2, 0) is 75.2 Å². The SMILES string of the molecule is CC(C)C[C@H](N)C(=O)N[C@@H](CC(N)=O)C(=O)N1CCC[C@H]1C(=O)N1CCC[C@H]1C(=O)N1CCC[C@H]1C(=O)N[C@@H](Cc1ccc(O)cc1)C(=O)N[C@@H](C)C(=O)N[C@@H](CC(=O)O)C(=O)N[C@@H](Cc1cnc[nH]1)C(=O)NCC(=O)N[C@@H](C)C(=O)O. The zero-order valence-electron chi connectivity index (χ0n) is 46.0. The van der Waals surface area contributed by atoms with E-state index in [1.807, 2.05) is 13.8 Å². The zero-order valence-corrected chi connectivity index (χ0v) is 46.0. The Labute approximate surface area is 471 Å². The number of primary amides is 1. The van der Waals surface area contributed by atoms with E-state index in [0.717, 1.165) is 0 Å². The molecule has 0 aliphatic carbocycles. The molecular formula is C52H74N14O16. The molecule has 0 unspecified atom stereocenters. The van der Waals surface area contributed by atoms with Crippen LogP contribution >= 0.6 is 0 Å². The molecule has 1 aromatic carbocycles. The number of aromatic nitrogens is 2. The van der Waals surface area contributed by atoms with Gasteiger partial charge in [-0.2, -0.15) is 0 Å². The van der Waals surface area contributed by atoms with Crippen molar-refractivity contribution in [2.24, 2.45) is 17.4 Å². The average Bonchev–Trinajstić information content (AvgIpc) is 3.90. The molecule has 30 nitrogen and oxygen atoms in total. The van der Waals surface area contributed by atoms with Gasteiger partial charge in [-0.1, -0.05) is 26.0 Å². The molecule has 2 aromatic rings. The van der Waals surface area contributed by atoms with Crippen LogP contribution in [-0.4, -0.2) is 204 Å². The van der Waals surface area contributed by atoms with Gasteiger partial charge in [-0.3, -0.25) is 62.3 Å². The number of rotatable bonds is 28. The second-order valence-corrected chi connectivity index (χ2v) is 21.0. The van der Waals surface area contributed by atoms with Gasteiger partial charge in [0.05, 0.1) is 31.8 Å². The number of amides is 11. The highest BCUT2D eigenvalue weighted by Crippen LogP contribution is 2.29. The maximum Gasteiger partial charge on any atom is 0.325 e. The Morgan fingerprint density at radius 1 is 0.634 bits per heavy atom. The summed E-state index contributed by atoms with van der Waals surface area (Å²) >= 11 is 0. The average molecular weight is 1150 g/mol. The third-order valence-electron chi connectivity index (χ3n) is 14.1. The fraction of sp³-hybridized carbons (Fsp3) is 0.577. The van der Waals surface area contributed by atoms with E-state index in [2.05, 4.69) is 47.2 Å². The van der Waals surface area contributed by atoms with Crippen LogP contribution in [0.1, 0.15) is 96.7 Å². The molecule has 3 aliphatic rings. The van der Waals surface area contributed by atoms with Crippen molar-refractivity contribution in [1.82, 2.24) is 61.9 Å². The number of carboxylic acid groups (broad SMARTS) is 2. The molecule has 30 heteroatoms. The summed E-state index contributed by atoms with van der Waals surface area (Å²) in [7, 11) is 0. The van der Waals surface area contributed by atoms with Crippen LogP contribution in [0.25, 0.3) is 0 Å². The first-order chi connectivity index (χ1) is 38.7. The Morgan fingerprint density at radius 2 is 1.18 bits per heavy atom. The number of aromatic hydroxyl groups is 1. The minimum Gasteiger partial charge on any atom is -0.508 e. The lowest BCUT2D eigenvalue weighted by molar-refractivity contribution is -0.151. The Balaban J connectivity index is 1.27. The van der Waals surface area contributed by atoms with Gasteiger partial charge in [-0.15, -0.1) is 0 Å². The molecule has 15 N–H and O–H groups in total. The summed E-state index contributed by atoms with van der Waals surface area (Å²) in [5.74, 6) is -12.0. The van der Waals surface area contributed by atoms with Crippen LogP contribution in [0, 0.1) is 5.92 Å². The molecule has 4 heterocycles. The number of carbonyl (C=O) groups excluding carboxylic acids is 11. The highest BCUT2D eigenvalue weighted by Gasteiger charge is 2.47. The van der Waals surface area contributed by atoms with E-state index in [0.29, 0.717) is 36.9 Å². The number of nitrogens with zero attached hydrogens (tertiary/aromatic N) is 4. The topological polar surface area (TPSA) is 457 Å². The highest BCUT2D eigenvalue weighted by atomic mass is 16.4. The minimum atomic E-state index is -1.86. The molecule has 5 rings (SSSR count). The number of carboxylic acids is 2. The van der Waals surface area contributed by atoms with E-state index in [4.69, 9.17) is 16.6 Å². The maximum atomic E-state index is 14.5. The summed E-state index contributed by atoms with van der Waals surface area (Å²) < 4.78 is 0. The number of phenols is 1. The first kappa shape index (κ1) is 64.1. The smallest absolute Gasteiger partial charge is 0.325 e. The van der Waals surface area contributed by atoms with Gasteiger partial charge >= 0.3 is 11.9 Å². The largest absolute Gasteiger partial charge is 0.508 e. The third-order valence-corrected chi connectivity index (χ3v) is 14.1. The molecule has 11 amide bonds. The van der Waals surface area contributed by atoms with Crippen LogP contribution in [0.4, 0.5) is 0 Å². The number of nitrogens with one attached hydrogen (secondary N) is 8. The molecule has 448 valence electrons. The summed E-state index contributed by atoms with van der Waals surface area (Å²) in [5.41, 5.74) is 12.3. The Morgan fingerprint density at radius 3 is 1.76 bits per heavy atom. The number of aliphatic carboxylic acids is 2. The highest BCUT2D eigenvalue weighted by molar-refractivity contribution is 6.00. The van der Waals surface area contributed by atoms with Crippen LogP contribution < -0.4 is 48.7 Å². The van der Waals surface area contributed by atoms with E-state index in [1.165, 1.54) is 65.3 Å². The van der Waals surface area contributed by atoms with Crippen molar-refractivity contribution < 1.29 is 77.6 Å². The van der Waals surface area contributed by atoms with Crippen molar-refractivity contribution in [1.29, 1.82) is 0 Å². The number of hydrogen-bond acceptors (Lipinski definition) is 16. The number of benzene rings is 1. The predicted octanol–water partition coefficient (Wildman–Crippen LogP) is -4.25. The number of carbonyl (C=O) groups is 13. The van der Waals surface area contributed by atoms with Crippen molar-refractivity contribution in [3.8, 4) is 5.75 Å². The summed E-state index contributed by atoms with van der Waals surface area (Å²) in [4.78, 5) is 183. The summed E-state index contributed by atoms with van der Waals surface area (Å²) in [5, 5.41) is 45.5. The van der Waals surface area contributed by atoms with Gasteiger partial charge in [-0.25, -0.2) is 4.98 Å². The zero-order chi connectivity index (χ0) is 60.5. The standard InChI is InChI=1S/C52H74N14O16/c1-26(2)18-32(53)44(73)63-36(21-40(54)68)49(78)65-16-6-9-38(65)51(80)66-17-7-10-39(66)50(79)64-15-5-8-37(64)48(77)62-33(19-29-11-13-31(67)14-12-29)46(75)59-27(3)43(72)60-35(22-42(70)71)47(76)61-34(20-30-23-55-25-57-30)45(74)56-24-41(69)58-28(4)52(81)82/h11-14,23,25-28,32-39,67H,5-10,15-22,24,53H2,1-4H3,(H2,54,68)(H,55,57)(H,56,74)(H,58,69)(H,59,75)(H,60,72)(H,61,76)(H,62,77)(H,63,73)(H,70,71)(H,81,82)/t27-,28-,32-,33-,34-,35-,36-,37-,38-,39-/m0/s1. The lowest BCUT2D eigenvalue weighted by Gasteiger charge is -2.35. The van der Waals surface area contributed by atoms with E-state index in [9.17, 15) is 72.5 Å². The van der Waals surface area contributed by atoms with E-state index < -0.39 is 157 Å². The van der Waals surface area contributed by atoms with Crippen molar-refractivity contribution >= 4 is 76.9 Å². The monoisotopic (exact) mass is 1150 g/mol. The molecule has 82 heavy (non-hydrogen) atoms. The molecule has 3 aliphatic heterocycles. The van der Waals surface area contributed by atoms with Gasteiger partial charge in [0.25, 0.3) is 0 Å². The van der Waals surface area contributed by atoms with Crippen molar-refractivity contribution in [3.63, 3.8) is 0 Å². The van der Waals surface area contributed by atoms with Crippen molar-refractivity contribution in [3.05, 3.63) is 48.0 Å². The van der Waals surface area contributed by atoms with Crippen LogP contribution in [0.15, 0.2) is 36.8 Å². The molecule has 0 bridgehead atoms. The predicted molar refractivity (Wildman–Crippen MR) is 285 cm³/mol. The molecule has 0 radical (unpaired) electrons. The van der Waals surface area contributed by atoms with Gasteiger partial charge in [-0.05, 0) is 82.4 Å². The summed E-state index contributed by atoms with van der Waals surface area (Å²) in [6.45, 7) is 5.79. The van der Waals surface area contributed by atoms with Gasteiger partial charge in [0.2, 0.25) is 65.0 Å². The number of likely N-dealkylation sites (tertiary alicyclic amines) is 3. The molecule has 3 saturated heterocycles. The van der Waals surface area contributed by atoms with Crippen LogP contribution in [0.3, 0.4) is 0 Å². The molecule has 0 saturated carbocycles. The molecule has 3 fully saturated rings. The maximum absolute atomic E-state index is 14.5. The number of imidazole rings is 1. The van der Waals surface area contributed by atoms with Gasteiger partial charge in [0, 0.05) is 44.4 Å². The number of nitrogens with two attached hydrogens (primary N) is 2. The van der Waals surface area contributed by atoms with E-state index >= 15 is 0 Å². The molecule has 0 spiro atoms. The Kier molecular flexibility index (Phi) is 23.2. The van der Waals surface area contributed by atoms with Gasteiger partial charge < -0.3 is 83.7 Å². The Hall–Kier alpha value is -8.70. The Bertz CT molecular complexity index is 2690.